The first-order chi connectivity index (χ1) is 7.13. The summed E-state index contributed by atoms with van der Waals surface area (Å²) in [6.07, 6.45) is 4.58. The lowest BCUT2D eigenvalue weighted by Crippen LogP contribution is -2.10. The van der Waals surface area contributed by atoms with Gasteiger partial charge in [0.15, 0.2) is 0 Å². The predicted octanol–water partition coefficient (Wildman–Crippen LogP) is 5.00. The molecule has 0 bridgehead atoms. The van der Waals surface area contributed by atoms with Crippen molar-refractivity contribution in [3.63, 3.8) is 0 Å². The van der Waals surface area contributed by atoms with E-state index in [-0.39, 0.29) is 18.4 Å². The van der Waals surface area contributed by atoms with Crippen LogP contribution >= 0.6 is 35.6 Å². The smallest absolute Gasteiger partial charge is 0.0424 e. The van der Waals surface area contributed by atoms with Gasteiger partial charge in [-0.1, -0.05) is 49.4 Å². The molecule has 0 aliphatic heterocycles. The van der Waals surface area contributed by atoms with E-state index in [1.54, 1.807) is 6.07 Å². The van der Waals surface area contributed by atoms with E-state index >= 15 is 0 Å². The van der Waals surface area contributed by atoms with Gasteiger partial charge < -0.3 is 5.73 Å². The molecule has 1 atom stereocenters. The molecule has 0 fully saturated rings. The summed E-state index contributed by atoms with van der Waals surface area (Å²) in [7, 11) is 0. The molecular weight excluding hydrogens is 264 g/mol. The predicted molar refractivity (Wildman–Crippen MR) is 74.8 cm³/mol. The van der Waals surface area contributed by atoms with Crippen molar-refractivity contribution in [1.29, 1.82) is 0 Å². The first-order valence-corrected chi connectivity index (χ1v) is 6.10. The molecule has 92 valence electrons. The van der Waals surface area contributed by atoms with Crippen molar-refractivity contribution >= 4 is 35.6 Å². The van der Waals surface area contributed by atoms with Crippen LogP contribution in [-0.2, 0) is 0 Å². The van der Waals surface area contributed by atoms with Crippen molar-refractivity contribution in [1.82, 2.24) is 0 Å². The van der Waals surface area contributed by atoms with E-state index in [1.165, 1.54) is 12.8 Å². The van der Waals surface area contributed by atoms with Gasteiger partial charge in [0.2, 0.25) is 0 Å². The summed E-state index contributed by atoms with van der Waals surface area (Å²) in [6.45, 7) is 2.18. The highest BCUT2D eigenvalue weighted by atomic mass is 35.5. The summed E-state index contributed by atoms with van der Waals surface area (Å²) in [5.41, 5.74) is 7.09. The molecule has 0 heterocycles. The minimum Gasteiger partial charge on any atom is -0.324 e. The van der Waals surface area contributed by atoms with Gasteiger partial charge in [0.1, 0.15) is 0 Å². The Morgan fingerprint density at radius 2 is 1.69 bits per heavy atom. The van der Waals surface area contributed by atoms with Crippen LogP contribution in [-0.4, -0.2) is 0 Å². The van der Waals surface area contributed by atoms with Gasteiger partial charge in [-0.3, -0.25) is 0 Å². The van der Waals surface area contributed by atoms with Gasteiger partial charge in [-0.25, -0.2) is 0 Å². The first-order valence-electron chi connectivity index (χ1n) is 5.35. The van der Waals surface area contributed by atoms with E-state index < -0.39 is 0 Å². The van der Waals surface area contributed by atoms with Crippen LogP contribution in [0.4, 0.5) is 0 Å². The minimum absolute atomic E-state index is 0. The average Bonchev–Trinajstić information content (AvgIpc) is 2.16. The van der Waals surface area contributed by atoms with Crippen LogP contribution in [0.5, 0.6) is 0 Å². The van der Waals surface area contributed by atoms with E-state index in [9.17, 15) is 0 Å². The summed E-state index contributed by atoms with van der Waals surface area (Å²) < 4.78 is 0. The van der Waals surface area contributed by atoms with Gasteiger partial charge in [-0.05, 0) is 30.2 Å². The fourth-order valence-electron chi connectivity index (χ4n) is 1.57. The molecule has 1 nitrogen and oxygen atoms in total. The number of nitrogens with two attached hydrogens (primary N) is 1. The fourth-order valence-corrected chi connectivity index (χ4v) is 2.11. The second-order valence-electron chi connectivity index (χ2n) is 3.81. The van der Waals surface area contributed by atoms with E-state index in [4.69, 9.17) is 28.9 Å². The van der Waals surface area contributed by atoms with Crippen LogP contribution in [0.25, 0.3) is 0 Å². The van der Waals surface area contributed by atoms with E-state index in [1.807, 2.05) is 12.1 Å². The molecule has 0 spiro atoms. The number of hydrogen-bond acceptors (Lipinski definition) is 1. The average molecular weight is 283 g/mol. The molecule has 16 heavy (non-hydrogen) atoms. The molecule has 0 saturated carbocycles. The lowest BCUT2D eigenvalue weighted by molar-refractivity contribution is 0.581. The van der Waals surface area contributed by atoms with Gasteiger partial charge in [0, 0.05) is 16.1 Å². The third-order valence-electron chi connectivity index (χ3n) is 2.43. The third kappa shape index (κ3) is 5.40. The molecule has 0 aliphatic carbocycles. The van der Waals surface area contributed by atoms with Gasteiger partial charge >= 0.3 is 0 Å². The highest BCUT2D eigenvalue weighted by molar-refractivity contribution is 6.34. The summed E-state index contributed by atoms with van der Waals surface area (Å²) >= 11 is 11.8. The van der Waals surface area contributed by atoms with Crippen LogP contribution < -0.4 is 5.73 Å². The van der Waals surface area contributed by atoms with Crippen LogP contribution in [0.3, 0.4) is 0 Å². The van der Waals surface area contributed by atoms with Crippen LogP contribution in [0.15, 0.2) is 18.2 Å². The summed E-state index contributed by atoms with van der Waals surface area (Å²) in [6, 6.07) is 5.56. The maximum atomic E-state index is 6.06. The number of hydrogen-bond donors (Lipinski definition) is 1. The van der Waals surface area contributed by atoms with E-state index in [0.717, 1.165) is 18.4 Å². The number of rotatable bonds is 5. The maximum absolute atomic E-state index is 6.06. The quantitative estimate of drug-likeness (QED) is 0.756. The zero-order valence-corrected chi connectivity index (χ0v) is 11.7. The molecule has 1 aromatic carbocycles. The largest absolute Gasteiger partial charge is 0.324 e. The van der Waals surface area contributed by atoms with Crippen molar-refractivity contribution < 1.29 is 0 Å². The number of unbranched alkanes of at least 4 members (excludes halogenated alkanes) is 2. The Morgan fingerprint density at radius 3 is 2.19 bits per heavy atom. The summed E-state index contributed by atoms with van der Waals surface area (Å²) in [4.78, 5) is 0. The normalized spacial score (nSPS) is 12.0. The monoisotopic (exact) mass is 281 g/mol. The Kier molecular flexibility index (Phi) is 8.21. The molecular formula is C12H18Cl3N. The standard InChI is InChI=1S/C12H17Cl2N.ClH/c1-2-3-4-5-12(15)9-6-10(13)8-11(14)7-9;/h6-8,12H,2-5,15H2,1H3;1H/t12-;/m0./s1. The van der Waals surface area contributed by atoms with Crippen molar-refractivity contribution in [2.24, 2.45) is 5.73 Å². The minimum atomic E-state index is 0. The third-order valence-corrected chi connectivity index (χ3v) is 2.87. The second kappa shape index (κ2) is 8.19. The second-order valence-corrected chi connectivity index (χ2v) is 4.68. The molecule has 0 unspecified atom stereocenters. The fraction of sp³-hybridized carbons (Fsp3) is 0.500. The SMILES string of the molecule is CCCCC[C@H](N)c1cc(Cl)cc(Cl)c1.Cl. The number of benzene rings is 1. The molecule has 2 N–H and O–H groups in total. The van der Waals surface area contributed by atoms with E-state index in [2.05, 4.69) is 6.92 Å². The van der Waals surface area contributed by atoms with Crippen molar-refractivity contribution in [2.45, 2.75) is 38.6 Å². The van der Waals surface area contributed by atoms with Crippen molar-refractivity contribution in [2.75, 3.05) is 0 Å². The van der Waals surface area contributed by atoms with Crippen molar-refractivity contribution in [3.8, 4) is 0 Å². The van der Waals surface area contributed by atoms with Crippen LogP contribution in [0, 0.1) is 0 Å². The molecule has 4 heteroatoms. The highest BCUT2D eigenvalue weighted by Gasteiger charge is 2.07. The highest BCUT2D eigenvalue weighted by Crippen LogP contribution is 2.25. The molecule has 0 aliphatic rings. The van der Waals surface area contributed by atoms with Gasteiger partial charge in [-0.15, -0.1) is 12.4 Å². The van der Waals surface area contributed by atoms with E-state index in [0.29, 0.717) is 10.0 Å². The summed E-state index contributed by atoms with van der Waals surface area (Å²) in [5.74, 6) is 0. The first kappa shape index (κ1) is 16.1. The summed E-state index contributed by atoms with van der Waals surface area (Å²) in [5, 5.41) is 1.31. The Morgan fingerprint density at radius 1 is 1.12 bits per heavy atom. The molecule has 0 saturated heterocycles. The Bertz CT molecular complexity index is 295. The molecule has 0 aromatic heterocycles. The number of halogens is 3. The Hall–Kier alpha value is 0.0500. The van der Waals surface area contributed by atoms with Gasteiger partial charge in [0.25, 0.3) is 0 Å². The molecule has 0 radical (unpaired) electrons. The van der Waals surface area contributed by atoms with Crippen LogP contribution in [0.2, 0.25) is 10.0 Å². The van der Waals surface area contributed by atoms with Crippen LogP contribution in [0.1, 0.15) is 44.2 Å². The van der Waals surface area contributed by atoms with Crippen molar-refractivity contribution in [3.05, 3.63) is 33.8 Å². The van der Waals surface area contributed by atoms with Gasteiger partial charge in [-0.2, -0.15) is 0 Å². The maximum Gasteiger partial charge on any atom is 0.0424 e. The lowest BCUT2D eigenvalue weighted by atomic mass is 10.0. The molecule has 0 amide bonds. The Labute approximate surface area is 114 Å². The van der Waals surface area contributed by atoms with Gasteiger partial charge in [0.05, 0.1) is 0 Å². The molecule has 1 aromatic rings. The zero-order chi connectivity index (χ0) is 11.3. The lowest BCUT2D eigenvalue weighted by Gasteiger charge is -2.12. The Balaban J connectivity index is 0.00000225. The topological polar surface area (TPSA) is 26.0 Å². The molecule has 1 rings (SSSR count). The zero-order valence-electron chi connectivity index (χ0n) is 9.38.